The maximum Gasteiger partial charge on any atom is 0.141 e. The average Bonchev–Trinajstić information content (AvgIpc) is 2.32. The van der Waals surface area contributed by atoms with Crippen molar-refractivity contribution in [3.63, 3.8) is 0 Å². The number of nitrogens with two attached hydrogens (primary N) is 1. The normalized spacial score (nSPS) is 9.65. The average molecular weight is 228 g/mol. The van der Waals surface area contributed by atoms with Crippen molar-refractivity contribution >= 4 is 17.3 Å². The lowest BCUT2D eigenvalue weighted by molar-refractivity contribution is 0.624. The predicted octanol–water partition coefficient (Wildman–Crippen LogP) is 2.42. The van der Waals surface area contributed by atoms with E-state index in [2.05, 4.69) is 10.3 Å². The summed E-state index contributed by atoms with van der Waals surface area (Å²) in [5.41, 5.74) is 6.10. The second-order valence-corrected chi connectivity index (χ2v) is 3.38. The third kappa shape index (κ3) is 2.49. The van der Waals surface area contributed by atoms with Gasteiger partial charge in [-0.2, -0.15) is 5.26 Å². The van der Waals surface area contributed by atoms with Gasteiger partial charge in [0.05, 0.1) is 5.56 Å². The molecule has 2 rings (SSSR count). The fourth-order valence-corrected chi connectivity index (χ4v) is 1.36. The first kappa shape index (κ1) is 10.9. The molecule has 1 aromatic carbocycles. The highest BCUT2D eigenvalue weighted by Gasteiger charge is 2.03. The van der Waals surface area contributed by atoms with Crippen LogP contribution in [0.1, 0.15) is 5.56 Å². The standard InChI is InChI=1S/C12H9FN4/c13-10-5-4-9(6-8(10)7-14)16-12-3-1-2-11(15)17-12/h1-6H,(H3,15,16,17). The van der Waals surface area contributed by atoms with Gasteiger partial charge in [-0.3, -0.25) is 0 Å². The van der Waals surface area contributed by atoms with Gasteiger partial charge in [0.1, 0.15) is 23.5 Å². The fraction of sp³-hybridized carbons (Fsp3) is 0. The van der Waals surface area contributed by atoms with E-state index in [1.807, 2.05) is 0 Å². The predicted molar refractivity (Wildman–Crippen MR) is 63.0 cm³/mol. The Morgan fingerprint density at radius 2 is 2.12 bits per heavy atom. The highest BCUT2D eigenvalue weighted by molar-refractivity contribution is 5.59. The summed E-state index contributed by atoms with van der Waals surface area (Å²) in [6.07, 6.45) is 0. The fourth-order valence-electron chi connectivity index (χ4n) is 1.36. The Morgan fingerprint density at radius 3 is 2.82 bits per heavy atom. The molecule has 0 bridgehead atoms. The summed E-state index contributed by atoms with van der Waals surface area (Å²) in [6.45, 7) is 0. The highest BCUT2D eigenvalue weighted by Crippen LogP contribution is 2.18. The number of nitrogens with zero attached hydrogens (tertiary/aromatic N) is 2. The molecular formula is C12H9FN4. The molecule has 84 valence electrons. The van der Waals surface area contributed by atoms with Crippen LogP contribution in [0.15, 0.2) is 36.4 Å². The molecule has 17 heavy (non-hydrogen) atoms. The summed E-state index contributed by atoms with van der Waals surface area (Å²) < 4.78 is 13.1. The largest absolute Gasteiger partial charge is 0.384 e. The number of hydrogen-bond donors (Lipinski definition) is 2. The second-order valence-electron chi connectivity index (χ2n) is 3.38. The SMILES string of the molecule is N#Cc1cc(Nc2cccc(N)n2)ccc1F. The molecule has 0 radical (unpaired) electrons. The minimum atomic E-state index is -0.543. The van der Waals surface area contributed by atoms with Gasteiger partial charge in [-0.15, -0.1) is 0 Å². The van der Waals surface area contributed by atoms with E-state index in [0.29, 0.717) is 17.3 Å². The Hall–Kier alpha value is -2.61. The van der Waals surface area contributed by atoms with Crippen molar-refractivity contribution < 1.29 is 4.39 Å². The Labute approximate surface area is 97.5 Å². The van der Waals surface area contributed by atoms with Crippen LogP contribution in [0.5, 0.6) is 0 Å². The van der Waals surface area contributed by atoms with Crippen molar-refractivity contribution in [1.82, 2.24) is 4.98 Å². The molecule has 0 atom stereocenters. The number of halogens is 1. The van der Waals surface area contributed by atoms with Crippen molar-refractivity contribution in [3.05, 3.63) is 47.8 Å². The summed E-state index contributed by atoms with van der Waals surface area (Å²) in [6, 6.07) is 11.1. The molecule has 0 aliphatic carbocycles. The summed E-state index contributed by atoms with van der Waals surface area (Å²) in [5, 5.41) is 11.6. The van der Waals surface area contributed by atoms with Crippen LogP contribution in [0.3, 0.4) is 0 Å². The van der Waals surface area contributed by atoms with Gasteiger partial charge >= 0.3 is 0 Å². The van der Waals surface area contributed by atoms with Crippen LogP contribution < -0.4 is 11.1 Å². The van der Waals surface area contributed by atoms with Gasteiger partial charge in [0, 0.05) is 5.69 Å². The Morgan fingerprint density at radius 1 is 1.29 bits per heavy atom. The van der Waals surface area contributed by atoms with Crippen molar-refractivity contribution in [2.24, 2.45) is 0 Å². The molecule has 0 aliphatic rings. The van der Waals surface area contributed by atoms with E-state index < -0.39 is 5.82 Å². The minimum absolute atomic E-state index is 0.0149. The lowest BCUT2D eigenvalue weighted by Gasteiger charge is -2.06. The molecule has 0 saturated heterocycles. The topological polar surface area (TPSA) is 74.7 Å². The molecule has 0 spiro atoms. The van der Waals surface area contributed by atoms with E-state index >= 15 is 0 Å². The number of nitrogen functional groups attached to an aromatic ring is 1. The van der Waals surface area contributed by atoms with Crippen molar-refractivity contribution in [2.75, 3.05) is 11.1 Å². The number of hydrogen-bond acceptors (Lipinski definition) is 4. The molecule has 3 N–H and O–H groups in total. The first-order chi connectivity index (χ1) is 8.19. The van der Waals surface area contributed by atoms with Gasteiger partial charge < -0.3 is 11.1 Å². The maximum atomic E-state index is 13.1. The molecule has 0 unspecified atom stereocenters. The monoisotopic (exact) mass is 228 g/mol. The number of aromatic nitrogens is 1. The lowest BCUT2D eigenvalue weighted by Crippen LogP contribution is -1.97. The summed E-state index contributed by atoms with van der Waals surface area (Å²) in [4.78, 5) is 4.04. The molecule has 0 saturated carbocycles. The van der Waals surface area contributed by atoms with Crippen LogP contribution in [0, 0.1) is 17.1 Å². The highest BCUT2D eigenvalue weighted by atomic mass is 19.1. The smallest absolute Gasteiger partial charge is 0.141 e. The quantitative estimate of drug-likeness (QED) is 0.827. The van der Waals surface area contributed by atoms with Crippen LogP contribution in [0.25, 0.3) is 0 Å². The van der Waals surface area contributed by atoms with Crippen LogP contribution in [0.2, 0.25) is 0 Å². The van der Waals surface area contributed by atoms with Gasteiger partial charge in [-0.1, -0.05) is 6.07 Å². The second kappa shape index (κ2) is 4.49. The van der Waals surface area contributed by atoms with Crippen molar-refractivity contribution in [3.8, 4) is 6.07 Å². The van der Waals surface area contributed by atoms with Gasteiger partial charge in [0.25, 0.3) is 0 Å². The van der Waals surface area contributed by atoms with Crippen LogP contribution >= 0.6 is 0 Å². The van der Waals surface area contributed by atoms with Crippen LogP contribution in [0.4, 0.5) is 21.7 Å². The van der Waals surface area contributed by atoms with Crippen molar-refractivity contribution in [1.29, 1.82) is 5.26 Å². The number of rotatable bonds is 2. The van der Waals surface area contributed by atoms with E-state index in [1.54, 1.807) is 24.3 Å². The van der Waals surface area contributed by atoms with Gasteiger partial charge in [0.15, 0.2) is 0 Å². The molecule has 0 amide bonds. The molecule has 0 aliphatic heterocycles. The number of anilines is 3. The number of pyridine rings is 1. The molecule has 0 fully saturated rings. The molecule has 5 heteroatoms. The van der Waals surface area contributed by atoms with Gasteiger partial charge in [-0.05, 0) is 30.3 Å². The Balaban J connectivity index is 2.28. The Bertz CT molecular complexity index is 589. The maximum absolute atomic E-state index is 13.1. The van der Waals surface area contributed by atoms with Crippen LogP contribution in [-0.2, 0) is 0 Å². The van der Waals surface area contributed by atoms with E-state index in [1.165, 1.54) is 18.2 Å². The first-order valence-corrected chi connectivity index (χ1v) is 4.88. The molecule has 2 aromatic rings. The van der Waals surface area contributed by atoms with Crippen LogP contribution in [-0.4, -0.2) is 4.98 Å². The molecular weight excluding hydrogens is 219 g/mol. The molecule has 1 heterocycles. The van der Waals surface area contributed by atoms with Crippen molar-refractivity contribution in [2.45, 2.75) is 0 Å². The zero-order valence-electron chi connectivity index (χ0n) is 8.81. The number of nitriles is 1. The number of benzene rings is 1. The van der Waals surface area contributed by atoms with Gasteiger partial charge in [-0.25, -0.2) is 9.37 Å². The lowest BCUT2D eigenvalue weighted by atomic mass is 10.2. The zero-order chi connectivity index (χ0) is 12.3. The van der Waals surface area contributed by atoms with E-state index in [4.69, 9.17) is 11.0 Å². The summed E-state index contributed by atoms with van der Waals surface area (Å²) in [5.74, 6) is 0.386. The Kier molecular flexibility index (Phi) is 2.88. The third-order valence-electron chi connectivity index (χ3n) is 2.13. The first-order valence-electron chi connectivity index (χ1n) is 4.88. The summed E-state index contributed by atoms with van der Waals surface area (Å²) >= 11 is 0. The minimum Gasteiger partial charge on any atom is -0.384 e. The van der Waals surface area contributed by atoms with E-state index in [0.717, 1.165) is 0 Å². The number of nitrogens with one attached hydrogen (secondary N) is 1. The third-order valence-corrected chi connectivity index (χ3v) is 2.13. The van der Waals surface area contributed by atoms with E-state index in [9.17, 15) is 4.39 Å². The van der Waals surface area contributed by atoms with E-state index in [-0.39, 0.29) is 5.56 Å². The van der Waals surface area contributed by atoms with Gasteiger partial charge in [0.2, 0.25) is 0 Å². The zero-order valence-corrected chi connectivity index (χ0v) is 8.81. The molecule has 1 aromatic heterocycles. The summed E-state index contributed by atoms with van der Waals surface area (Å²) in [7, 11) is 0. The molecule has 4 nitrogen and oxygen atoms in total.